The highest BCUT2D eigenvalue weighted by Crippen LogP contribution is 2.12. The maximum Gasteiger partial charge on any atom is 0.142 e. The molecule has 0 atom stereocenters. The van der Waals surface area contributed by atoms with E-state index in [9.17, 15) is 4.79 Å². The molecule has 2 nitrogen and oxygen atoms in total. The Morgan fingerprint density at radius 2 is 1.39 bits per heavy atom. The van der Waals surface area contributed by atoms with Crippen molar-refractivity contribution >= 4 is 12.4 Å². The van der Waals surface area contributed by atoms with Gasteiger partial charge in [0, 0.05) is 0 Å². The molecule has 0 spiro atoms. The van der Waals surface area contributed by atoms with E-state index in [2.05, 4.69) is 0 Å². The monoisotopic (exact) mass is 240 g/mol. The van der Waals surface area contributed by atoms with E-state index in [0.717, 1.165) is 17.6 Å². The summed E-state index contributed by atoms with van der Waals surface area (Å²) < 4.78 is 5.08. The largest absolute Gasteiger partial charge is 0.497 e. The predicted molar refractivity (Wildman–Crippen MR) is 75.5 cm³/mol. The molecule has 18 heavy (non-hydrogen) atoms. The van der Waals surface area contributed by atoms with Crippen molar-refractivity contribution in [3.05, 3.63) is 72.4 Å². The Morgan fingerprint density at radius 1 is 0.833 bits per heavy atom. The molecular formula is C16H16O2. The van der Waals surface area contributed by atoms with Gasteiger partial charge in [-0.2, -0.15) is 0 Å². The maximum atomic E-state index is 9.98. The number of aldehydes is 1. The first kappa shape index (κ1) is 13.7. The summed E-state index contributed by atoms with van der Waals surface area (Å²) in [5.74, 6) is 0.854. The summed E-state index contributed by atoms with van der Waals surface area (Å²) in [6.45, 7) is 0. The van der Waals surface area contributed by atoms with Gasteiger partial charge in [-0.05, 0) is 23.8 Å². The molecule has 1 aromatic carbocycles. The topological polar surface area (TPSA) is 26.3 Å². The van der Waals surface area contributed by atoms with Gasteiger partial charge >= 0.3 is 0 Å². The second-order valence-corrected chi connectivity index (χ2v) is 3.42. The zero-order chi connectivity index (χ0) is 13.1. The van der Waals surface area contributed by atoms with Crippen molar-refractivity contribution in [1.82, 2.24) is 0 Å². The number of allylic oxidation sites excluding steroid dienone is 7. The van der Waals surface area contributed by atoms with E-state index in [-0.39, 0.29) is 0 Å². The third-order valence-corrected chi connectivity index (χ3v) is 2.15. The summed E-state index contributed by atoms with van der Waals surface area (Å²) >= 11 is 0. The minimum atomic E-state index is 0.748. The molecule has 2 heteroatoms. The molecule has 0 saturated carbocycles. The minimum Gasteiger partial charge on any atom is -0.497 e. The average molecular weight is 240 g/mol. The molecule has 0 fully saturated rings. The van der Waals surface area contributed by atoms with Gasteiger partial charge in [-0.15, -0.1) is 0 Å². The molecule has 0 aliphatic carbocycles. The summed E-state index contributed by atoms with van der Waals surface area (Å²) in [7, 11) is 1.65. The van der Waals surface area contributed by atoms with Crippen LogP contribution in [0.25, 0.3) is 6.08 Å². The van der Waals surface area contributed by atoms with Crippen LogP contribution in [0.2, 0.25) is 0 Å². The minimum absolute atomic E-state index is 0.748. The molecule has 0 heterocycles. The molecule has 1 aromatic rings. The van der Waals surface area contributed by atoms with Gasteiger partial charge in [0.25, 0.3) is 0 Å². The Labute approximate surface area is 108 Å². The van der Waals surface area contributed by atoms with Crippen LogP contribution >= 0.6 is 0 Å². The van der Waals surface area contributed by atoms with Crippen molar-refractivity contribution < 1.29 is 9.53 Å². The highest BCUT2D eigenvalue weighted by molar-refractivity contribution is 5.65. The van der Waals surface area contributed by atoms with Gasteiger partial charge in [0.15, 0.2) is 0 Å². The van der Waals surface area contributed by atoms with Crippen molar-refractivity contribution in [2.24, 2.45) is 0 Å². The molecule has 0 amide bonds. The lowest BCUT2D eigenvalue weighted by atomic mass is 10.2. The summed E-state index contributed by atoms with van der Waals surface area (Å²) in [6.07, 6.45) is 15.3. The van der Waals surface area contributed by atoms with Gasteiger partial charge in [0.1, 0.15) is 12.0 Å². The molecular weight excluding hydrogens is 224 g/mol. The molecule has 1 rings (SSSR count). The van der Waals surface area contributed by atoms with Gasteiger partial charge < -0.3 is 4.74 Å². The van der Waals surface area contributed by atoms with Gasteiger partial charge in [-0.3, -0.25) is 4.79 Å². The first-order valence-electron chi connectivity index (χ1n) is 5.62. The number of rotatable bonds is 6. The Hall–Kier alpha value is -2.35. The van der Waals surface area contributed by atoms with E-state index < -0.39 is 0 Å². The molecule has 0 aromatic heterocycles. The molecule has 0 radical (unpaired) electrons. The van der Waals surface area contributed by atoms with Crippen LogP contribution in [-0.2, 0) is 4.79 Å². The molecule has 0 N–H and O–H groups in total. The first-order chi connectivity index (χ1) is 8.86. The first-order valence-corrected chi connectivity index (χ1v) is 5.62. The zero-order valence-electron chi connectivity index (χ0n) is 10.3. The summed E-state index contributed by atoms with van der Waals surface area (Å²) in [4.78, 5) is 9.98. The Morgan fingerprint density at radius 3 is 1.94 bits per heavy atom. The fraction of sp³-hybridized carbons (Fsp3) is 0.0625. The number of hydrogen-bond donors (Lipinski definition) is 0. The predicted octanol–water partition coefficient (Wildman–Crippen LogP) is 3.58. The van der Waals surface area contributed by atoms with Crippen LogP contribution in [0.15, 0.2) is 66.8 Å². The number of carbonyl (C=O) groups is 1. The highest BCUT2D eigenvalue weighted by Gasteiger charge is 1.88. The third kappa shape index (κ3) is 5.66. The lowest BCUT2D eigenvalue weighted by Gasteiger charge is -1.98. The van der Waals surface area contributed by atoms with Crippen LogP contribution in [0, 0.1) is 0 Å². The summed E-state index contributed by atoms with van der Waals surface area (Å²) in [5.41, 5.74) is 1.12. The Balaban J connectivity index is 2.44. The Bertz CT molecular complexity index is 462. The molecule has 0 aliphatic heterocycles. The maximum absolute atomic E-state index is 9.98. The van der Waals surface area contributed by atoms with Crippen LogP contribution < -0.4 is 4.74 Å². The van der Waals surface area contributed by atoms with Gasteiger partial charge in [0.05, 0.1) is 7.11 Å². The average Bonchev–Trinajstić information content (AvgIpc) is 2.42. The second-order valence-electron chi connectivity index (χ2n) is 3.42. The quantitative estimate of drug-likeness (QED) is 0.431. The van der Waals surface area contributed by atoms with E-state index >= 15 is 0 Å². The Kier molecular flexibility index (Phi) is 6.68. The molecule has 0 unspecified atom stereocenters. The van der Waals surface area contributed by atoms with E-state index in [0.29, 0.717) is 0 Å². The molecule has 0 saturated heterocycles. The van der Waals surface area contributed by atoms with Crippen molar-refractivity contribution in [2.45, 2.75) is 0 Å². The number of benzene rings is 1. The summed E-state index contributed by atoms with van der Waals surface area (Å²) in [6, 6.07) is 7.83. The van der Waals surface area contributed by atoms with Crippen molar-refractivity contribution in [3.8, 4) is 5.75 Å². The van der Waals surface area contributed by atoms with Crippen LogP contribution in [0.5, 0.6) is 5.75 Å². The third-order valence-electron chi connectivity index (χ3n) is 2.15. The van der Waals surface area contributed by atoms with Crippen molar-refractivity contribution in [2.75, 3.05) is 7.11 Å². The number of hydrogen-bond acceptors (Lipinski definition) is 2. The van der Waals surface area contributed by atoms with Crippen LogP contribution in [0.3, 0.4) is 0 Å². The van der Waals surface area contributed by atoms with Crippen molar-refractivity contribution in [3.63, 3.8) is 0 Å². The molecule has 92 valence electrons. The molecule has 0 aliphatic rings. The van der Waals surface area contributed by atoms with Crippen LogP contribution in [0.4, 0.5) is 0 Å². The number of methoxy groups -OCH3 is 1. The lowest BCUT2D eigenvalue weighted by Crippen LogP contribution is -1.81. The zero-order valence-corrected chi connectivity index (χ0v) is 10.3. The molecule has 0 bridgehead atoms. The van der Waals surface area contributed by atoms with Crippen LogP contribution in [-0.4, -0.2) is 13.4 Å². The van der Waals surface area contributed by atoms with Crippen molar-refractivity contribution in [1.29, 1.82) is 0 Å². The van der Waals surface area contributed by atoms with Gasteiger partial charge in [0.2, 0.25) is 0 Å². The highest BCUT2D eigenvalue weighted by atomic mass is 16.5. The lowest BCUT2D eigenvalue weighted by molar-refractivity contribution is -0.104. The fourth-order valence-corrected chi connectivity index (χ4v) is 1.25. The summed E-state index contributed by atoms with van der Waals surface area (Å²) in [5, 5.41) is 0. The van der Waals surface area contributed by atoms with E-state index in [1.54, 1.807) is 19.3 Å². The normalized spacial score (nSPS) is 12.1. The van der Waals surface area contributed by atoms with E-state index in [1.165, 1.54) is 6.08 Å². The van der Waals surface area contributed by atoms with E-state index in [1.807, 2.05) is 54.6 Å². The van der Waals surface area contributed by atoms with E-state index in [4.69, 9.17) is 4.74 Å². The SMILES string of the molecule is COc1ccc(C=CC=CC=CC=CC=O)cc1. The van der Waals surface area contributed by atoms with Crippen LogP contribution in [0.1, 0.15) is 5.56 Å². The fourth-order valence-electron chi connectivity index (χ4n) is 1.25. The van der Waals surface area contributed by atoms with Gasteiger partial charge in [-0.1, -0.05) is 54.7 Å². The number of carbonyl (C=O) groups excluding carboxylic acids is 1. The standard InChI is InChI=1S/C16H16O2/c1-18-16-12-10-15(11-13-16)9-7-5-3-2-4-6-8-14-17/h2-14H,1H3. The van der Waals surface area contributed by atoms with Gasteiger partial charge in [-0.25, -0.2) is 0 Å². The smallest absolute Gasteiger partial charge is 0.142 e. The number of ether oxygens (including phenoxy) is 1. The second kappa shape index (κ2) is 8.76.